The Balaban J connectivity index is 2.17. The number of nitrogens with zero attached hydrogens (tertiary/aromatic N) is 2. The molecule has 1 saturated heterocycles. The molecule has 35 heavy (non-hydrogen) atoms. The third kappa shape index (κ3) is 6.27. The van der Waals surface area contributed by atoms with Crippen LogP contribution in [0.25, 0.3) is 0 Å². The highest BCUT2D eigenvalue weighted by atomic mass is 32.1. The summed E-state index contributed by atoms with van der Waals surface area (Å²) in [6.45, 7) is 13.3. The zero-order chi connectivity index (χ0) is 25.9. The van der Waals surface area contributed by atoms with Crippen molar-refractivity contribution in [2.24, 2.45) is 17.3 Å². The van der Waals surface area contributed by atoms with Gasteiger partial charge >= 0.3 is 5.97 Å². The van der Waals surface area contributed by atoms with Gasteiger partial charge in [0.1, 0.15) is 10.9 Å². The Labute approximate surface area is 214 Å². The van der Waals surface area contributed by atoms with Crippen molar-refractivity contribution >= 4 is 34.8 Å². The van der Waals surface area contributed by atoms with Crippen molar-refractivity contribution in [2.75, 3.05) is 18.0 Å². The third-order valence-electron chi connectivity index (χ3n) is 7.15. The smallest absolute Gasteiger partial charge is 0.348 e. The van der Waals surface area contributed by atoms with Gasteiger partial charge in [0.25, 0.3) is 0 Å². The number of anilines is 1. The van der Waals surface area contributed by atoms with E-state index in [4.69, 9.17) is 0 Å². The highest BCUT2D eigenvalue weighted by Gasteiger charge is 2.41. The quantitative estimate of drug-likeness (QED) is 0.525. The third-order valence-corrected chi connectivity index (χ3v) is 8.33. The standard InChI is InChI=1S/C28H40N2O4S/c1-7-29-17-9-8-10-21(26(29)32)30(25(31)20-13-11-18(2)12-14-20)23-19(3)22(15-16-28(4,5)6)35-24(23)27(33)34/h18,20-21H,7-14,17H2,1-6H3,(H,33,34)/t18-,20-,21-/m0/s1. The molecule has 2 amide bonds. The number of carboxylic acid groups (broad SMARTS) is 1. The maximum Gasteiger partial charge on any atom is 0.348 e. The van der Waals surface area contributed by atoms with Crippen LogP contribution in [0.1, 0.15) is 99.7 Å². The molecule has 0 bridgehead atoms. The molecule has 0 radical (unpaired) electrons. The molecule has 0 aromatic carbocycles. The molecule has 2 fully saturated rings. The van der Waals surface area contributed by atoms with Crippen molar-refractivity contribution in [1.29, 1.82) is 0 Å². The van der Waals surface area contributed by atoms with Crippen LogP contribution < -0.4 is 4.90 Å². The molecule has 1 aliphatic carbocycles. The Bertz CT molecular complexity index is 1020. The Morgan fingerprint density at radius 3 is 2.37 bits per heavy atom. The van der Waals surface area contributed by atoms with Crippen LogP contribution in [0, 0.1) is 36.0 Å². The minimum atomic E-state index is -1.08. The molecule has 6 nitrogen and oxygen atoms in total. The number of carboxylic acids is 1. The van der Waals surface area contributed by atoms with Gasteiger partial charge in [0.2, 0.25) is 11.8 Å². The summed E-state index contributed by atoms with van der Waals surface area (Å²) < 4.78 is 0. The van der Waals surface area contributed by atoms with Gasteiger partial charge in [-0.3, -0.25) is 14.5 Å². The predicted octanol–water partition coefficient (Wildman–Crippen LogP) is 5.71. The van der Waals surface area contributed by atoms with Gasteiger partial charge in [0.15, 0.2) is 0 Å². The van der Waals surface area contributed by atoms with E-state index in [0.717, 1.165) is 49.9 Å². The highest BCUT2D eigenvalue weighted by molar-refractivity contribution is 7.15. The molecule has 2 aliphatic rings. The lowest BCUT2D eigenvalue weighted by Crippen LogP contribution is -2.52. The molecular formula is C28H40N2O4S. The molecule has 1 aromatic heterocycles. The zero-order valence-electron chi connectivity index (χ0n) is 22.1. The molecule has 0 spiro atoms. The van der Waals surface area contributed by atoms with E-state index in [0.29, 0.717) is 41.6 Å². The molecule has 0 unspecified atom stereocenters. The van der Waals surface area contributed by atoms with E-state index in [2.05, 4.69) is 18.8 Å². The first-order chi connectivity index (χ1) is 16.4. The molecule has 1 N–H and O–H groups in total. The van der Waals surface area contributed by atoms with Crippen molar-refractivity contribution in [3.8, 4) is 11.8 Å². The van der Waals surface area contributed by atoms with Crippen LogP contribution in [-0.2, 0) is 9.59 Å². The molecule has 1 aliphatic heterocycles. The van der Waals surface area contributed by atoms with Crippen molar-refractivity contribution in [3.05, 3.63) is 15.3 Å². The normalized spacial score (nSPS) is 23.3. The Morgan fingerprint density at radius 2 is 1.80 bits per heavy atom. The van der Waals surface area contributed by atoms with Gasteiger partial charge in [-0.1, -0.05) is 18.8 Å². The van der Waals surface area contributed by atoms with Gasteiger partial charge in [-0.25, -0.2) is 4.79 Å². The van der Waals surface area contributed by atoms with Gasteiger partial charge in [-0.2, -0.15) is 0 Å². The Hall–Kier alpha value is -2.33. The Morgan fingerprint density at radius 1 is 1.14 bits per heavy atom. The summed E-state index contributed by atoms with van der Waals surface area (Å²) in [4.78, 5) is 44.4. The Kier molecular flexibility index (Phi) is 8.69. The lowest BCUT2D eigenvalue weighted by atomic mass is 9.82. The molecule has 1 saturated carbocycles. The largest absolute Gasteiger partial charge is 0.477 e. The molecule has 3 rings (SSSR count). The SMILES string of the molecule is CCN1CCCC[C@H](N(c2c(C(=O)O)sc(C#CC(C)(C)C)c2C)C(=O)[C@H]2CC[C@H](C)CC2)C1=O. The van der Waals surface area contributed by atoms with Gasteiger partial charge in [-0.15, -0.1) is 11.3 Å². The van der Waals surface area contributed by atoms with Gasteiger partial charge in [0, 0.05) is 30.0 Å². The van der Waals surface area contributed by atoms with E-state index in [9.17, 15) is 19.5 Å². The maximum atomic E-state index is 14.1. The number of aromatic carboxylic acids is 1. The van der Waals surface area contributed by atoms with Crippen LogP contribution in [0.3, 0.4) is 0 Å². The molecule has 1 atom stereocenters. The molecule has 192 valence electrons. The number of hydrogen-bond donors (Lipinski definition) is 1. The fraction of sp³-hybridized carbons (Fsp3) is 0.679. The summed E-state index contributed by atoms with van der Waals surface area (Å²) in [6.07, 6.45) is 5.74. The topological polar surface area (TPSA) is 77.9 Å². The van der Waals surface area contributed by atoms with Crippen molar-refractivity contribution in [2.45, 2.75) is 92.5 Å². The number of likely N-dealkylation sites (tertiary alicyclic amines) is 1. The minimum Gasteiger partial charge on any atom is -0.477 e. The lowest BCUT2D eigenvalue weighted by molar-refractivity contribution is -0.135. The number of thiophene rings is 1. The van der Waals surface area contributed by atoms with Crippen LogP contribution in [0.2, 0.25) is 0 Å². The number of carbonyl (C=O) groups excluding carboxylic acids is 2. The summed E-state index contributed by atoms with van der Waals surface area (Å²) in [6, 6.07) is -0.681. The summed E-state index contributed by atoms with van der Waals surface area (Å²) in [5.41, 5.74) is 0.815. The van der Waals surface area contributed by atoms with E-state index in [-0.39, 0.29) is 28.0 Å². The fourth-order valence-electron chi connectivity index (χ4n) is 5.06. The van der Waals surface area contributed by atoms with Gasteiger partial charge in [0.05, 0.1) is 10.6 Å². The van der Waals surface area contributed by atoms with Crippen LogP contribution in [0.15, 0.2) is 0 Å². The number of likely N-dealkylation sites (N-methyl/N-ethyl adjacent to an activating group) is 1. The first-order valence-electron chi connectivity index (χ1n) is 13.0. The average Bonchev–Trinajstić information content (AvgIpc) is 3.00. The molecule has 1 aromatic rings. The zero-order valence-corrected chi connectivity index (χ0v) is 22.9. The predicted molar refractivity (Wildman–Crippen MR) is 141 cm³/mol. The van der Waals surface area contributed by atoms with E-state index in [1.54, 1.807) is 4.90 Å². The second-order valence-corrected chi connectivity index (χ2v) is 12.2. The molecule has 2 heterocycles. The van der Waals surface area contributed by atoms with Crippen molar-refractivity contribution in [1.82, 2.24) is 4.90 Å². The van der Waals surface area contributed by atoms with Crippen molar-refractivity contribution < 1.29 is 19.5 Å². The average molecular weight is 501 g/mol. The minimum absolute atomic E-state index is 0.0770. The van der Waals surface area contributed by atoms with Crippen LogP contribution in [0.4, 0.5) is 5.69 Å². The lowest BCUT2D eigenvalue weighted by Gasteiger charge is -2.37. The highest BCUT2D eigenvalue weighted by Crippen LogP contribution is 2.40. The summed E-state index contributed by atoms with van der Waals surface area (Å²) in [5.74, 6) is 5.49. The van der Waals surface area contributed by atoms with E-state index >= 15 is 0 Å². The summed E-state index contributed by atoms with van der Waals surface area (Å²) in [7, 11) is 0. The second kappa shape index (κ2) is 11.2. The van der Waals surface area contributed by atoms with Crippen LogP contribution in [0.5, 0.6) is 0 Å². The van der Waals surface area contributed by atoms with E-state index < -0.39 is 12.0 Å². The second-order valence-electron chi connectivity index (χ2n) is 11.1. The number of amides is 2. The molecular weight excluding hydrogens is 460 g/mol. The number of rotatable bonds is 5. The van der Waals surface area contributed by atoms with E-state index in [1.165, 1.54) is 0 Å². The first-order valence-corrected chi connectivity index (χ1v) is 13.8. The van der Waals surface area contributed by atoms with Crippen LogP contribution >= 0.6 is 11.3 Å². The van der Waals surface area contributed by atoms with Crippen molar-refractivity contribution in [3.63, 3.8) is 0 Å². The van der Waals surface area contributed by atoms with Gasteiger partial charge < -0.3 is 10.0 Å². The summed E-state index contributed by atoms with van der Waals surface area (Å²) in [5, 5.41) is 10.2. The summed E-state index contributed by atoms with van der Waals surface area (Å²) >= 11 is 1.11. The maximum absolute atomic E-state index is 14.1. The van der Waals surface area contributed by atoms with Crippen LogP contribution in [-0.4, -0.2) is 46.9 Å². The monoisotopic (exact) mass is 500 g/mol. The molecule has 7 heteroatoms. The van der Waals surface area contributed by atoms with E-state index in [1.807, 2.05) is 39.5 Å². The first kappa shape index (κ1) is 27.3. The van der Waals surface area contributed by atoms with Gasteiger partial charge in [-0.05, 0) is 85.5 Å². The number of carbonyl (C=O) groups is 3. The fourth-order valence-corrected chi connectivity index (χ4v) is 6.06. The number of hydrogen-bond acceptors (Lipinski definition) is 4.